The monoisotopic (exact) mass is 694 g/mol. The fraction of sp³-hybridized carbons (Fsp3) is 0.912. The Hall–Kier alpha value is -1.27. The number of aliphatic hydroxyl groups excluding tert-OH is 7. The lowest BCUT2D eigenvalue weighted by Gasteiger charge is -2.42. The topological polar surface area (TPSA) is 214 Å². The van der Waals surface area contributed by atoms with Crippen molar-refractivity contribution in [3.8, 4) is 0 Å². The van der Waals surface area contributed by atoms with E-state index in [1.165, 1.54) is 32.1 Å². The summed E-state index contributed by atoms with van der Waals surface area (Å²) in [6.45, 7) is 3.33. The normalized spacial score (nSPS) is 31.7. The molecule has 0 aliphatic carbocycles. The summed E-state index contributed by atoms with van der Waals surface area (Å²) in [6.07, 6.45) is 1.48. The van der Waals surface area contributed by atoms with Gasteiger partial charge in [-0.1, -0.05) is 70.9 Å². The first-order valence-electron chi connectivity index (χ1n) is 17.8. The van der Waals surface area contributed by atoms with Gasteiger partial charge in [-0.2, -0.15) is 0 Å². The van der Waals surface area contributed by atoms with E-state index >= 15 is 0 Å². The molecule has 2 aliphatic heterocycles. The van der Waals surface area contributed by atoms with Crippen LogP contribution in [0.2, 0.25) is 0 Å². The Morgan fingerprint density at radius 2 is 1.23 bits per heavy atom. The predicted octanol–water partition coefficient (Wildman–Crippen LogP) is 1.22. The van der Waals surface area contributed by atoms with Crippen LogP contribution >= 0.6 is 0 Å². The van der Waals surface area contributed by atoms with Crippen LogP contribution < -0.4 is 0 Å². The fourth-order valence-corrected chi connectivity index (χ4v) is 5.42. The standard InChI is InChI=1S/C34H62O14/c1-3-5-7-8-9-10-11-12-13-14-15-16-18-43-20-23(46-26(36)17-6-4-2)21-44-33-32(42)30(40)28(38)25(48-33)22-45-34-31(41)29(39)27(37)24(19-35)47-34/h8-9,23-25,27-35,37-42H,3-7,10-22H2,1-2H3/b9-8-. The van der Waals surface area contributed by atoms with Crippen molar-refractivity contribution in [2.24, 2.45) is 0 Å². The van der Waals surface area contributed by atoms with Gasteiger partial charge in [-0.05, 0) is 32.1 Å². The molecule has 0 bridgehead atoms. The van der Waals surface area contributed by atoms with E-state index < -0.39 is 86.7 Å². The molecule has 2 aliphatic rings. The second-order valence-corrected chi connectivity index (χ2v) is 12.7. The van der Waals surface area contributed by atoms with E-state index in [0.29, 0.717) is 13.0 Å². The number of hydrogen-bond donors (Lipinski definition) is 7. The Labute approximate surface area is 284 Å². The first kappa shape index (κ1) is 42.9. The van der Waals surface area contributed by atoms with Crippen LogP contribution in [0.5, 0.6) is 0 Å². The van der Waals surface area contributed by atoms with Crippen molar-refractivity contribution in [1.82, 2.24) is 0 Å². The van der Waals surface area contributed by atoms with Crippen molar-refractivity contribution in [3.63, 3.8) is 0 Å². The Morgan fingerprint density at radius 3 is 1.88 bits per heavy atom. The van der Waals surface area contributed by atoms with Crippen molar-refractivity contribution >= 4 is 5.97 Å². The molecule has 2 fully saturated rings. The maximum absolute atomic E-state index is 12.4. The minimum absolute atomic E-state index is 0.0554. The highest BCUT2D eigenvalue weighted by Gasteiger charge is 2.47. The summed E-state index contributed by atoms with van der Waals surface area (Å²) in [4.78, 5) is 12.4. The lowest BCUT2D eigenvalue weighted by atomic mass is 9.98. The molecule has 0 radical (unpaired) electrons. The van der Waals surface area contributed by atoms with E-state index in [9.17, 15) is 40.5 Å². The average molecular weight is 695 g/mol. The third kappa shape index (κ3) is 15.3. The zero-order valence-corrected chi connectivity index (χ0v) is 28.7. The summed E-state index contributed by atoms with van der Waals surface area (Å²) < 4.78 is 33.5. The molecular weight excluding hydrogens is 632 g/mol. The highest BCUT2D eigenvalue weighted by atomic mass is 16.7. The number of unbranched alkanes of at least 4 members (excludes halogenated alkanes) is 9. The van der Waals surface area contributed by atoms with Crippen LogP contribution in [0.4, 0.5) is 0 Å². The van der Waals surface area contributed by atoms with Gasteiger partial charge in [-0.3, -0.25) is 4.79 Å². The summed E-state index contributed by atoms with van der Waals surface area (Å²) in [5.74, 6) is -0.416. The Bertz CT molecular complexity index is 860. The first-order valence-corrected chi connectivity index (χ1v) is 17.8. The molecule has 2 heterocycles. The molecule has 0 aromatic rings. The summed E-state index contributed by atoms with van der Waals surface area (Å²) in [5.41, 5.74) is 0. The number of allylic oxidation sites excluding steroid dienone is 2. The molecule has 0 aromatic heterocycles. The molecule has 2 rings (SSSR count). The van der Waals surface area contributed by atoms with E-state index in [1.807, 2.05) is 6.92 Å². The minimum Gasteiger partial charge on any atom is -0.457 e. The molecule has 14 heteroatoms. The van der Waals surface area contributed by atoms with E-state index in [-0.39, 0.29) is 19.6 Å². The molecule has 14 nitrogen and oxygen atoms in total. The Kier molecular flexibility index (Phi) is 22.2. The lowest BCUT2D eigenvalue weighted by Crippen LogP contribution is -2.61. The van der Waals surface area contributed by atoms with Crippen LogP contribution in [-0.4, -0.2) is 142 Å². The quantitative estimate of drug-likeness (QED) is 0.0407. The van der Waals surface area contributed by atoms with Crippen LogP contribution in [-0.2, 0) is 33.2 Å². The largest absolute Gasteiger partial charge is 0.457 e. The van der Waals surface area contributed by atoms with E-state index in [4.69, 9.17) is 28.4 Å². The van der Waals surface area contributed by atoms with E-state index in [2.05, 4.69) is 19.1 Å². The highest BCUT2D eigenvalue weighted by molar-refractivity contribution is 5.69. The van der Waals surface area contributed by atoms with Gasteiger partial charge >= 0.3 is 5.97 Å². The van der Waals surface area contributed by atoms with Gasteiger partial charge in [0.25, 0.3) is 0 Å². The number of carbonyl (C=O) groups is 1. The number of hydrogen-bond acceptors (Lipinski definition) is 14. The van der Waals surface area contributed by atoms with Gasteiger partial charge in [0.05, 0.1) is 26.4 Å². The van der Waals surface area contributed by atoms with Crippen molar-refractivity contribution in [2.45, 2.75) is 165 Å². The van der Waals surface area contributed by atoms with Gasteiger partial charge in [0.2, 0.25) is 0 Å². The molecule has 2 saturated heterocycles. The zero-order chi connectivity index (χ0) is 35.3. The van der Waals surface area contributed by atoms with Gasteiger partial charge < -0.3 is 64.2 Å². The molecule has 11 atom stereocenters. The lowest BCUT2D eigenvalue weighted by molar-refractivity contribution is -0.332. The second-order valence-electron chi connectivity index (χ2n) is 12.7. The smallest absolute Gasteiger partial charge is 0.306 e. The van der Waals surface area contributed by atoms with E-state index in [1.54, 1.807) is 0 Å². The van der Waals surface area contributed by atoms with Gasteiger partial charge in [0, 0.05) is 13.0 Å². The fourth-order valence-electron chi connectivity index (χ4n) is 5.42. The van der Waals surface area contributed by atoms with Crippen molar-refractivity contribution in [3.05, 3.63) is 12.2 Å². The van der Waals surface area contributed by atoms with Crippen molar-refractivity contribution < 1.29 is 69.0 Å². The molecule has 0 amide bonds. The molecule has 7 N–H and O–H groups in total. The van der Waals surface area contributed by atoms with Crippen molar-refractivity contribution in [1.29, 1.82) is 0 Å². The summed E-state index contributed by atoms with van der Waals surface area (Å²) in [7, 11) is 0. The van der Waals surface area contributed by atoms with Crippen LogP contribution in [0, 0.1) is 0 Å². The molecule has 0 aromatic carbocycles. The number of esters is 1. The third-order valence-corrected chi connectivity index (χ3v) is 8.52. The zero-order valence-electron chi connectivity index (χ0n) is 28.7. The Balaban J connectivity index is 1.80. The third-order valence-electron chi connectivity index (χ3n) is 8.52. The molecule has 11 unspecified atom stereocenters. The summed E-state index contributed by atoms with van der Waals surface area (Å²) in [5, 5.41) is 71.1. The molecule has 48 heavy (non-hydrogen) atoms. The number of carbonyl (C=O) groups excluding carboxylic acids is 1. The number of aliphatic hydroxyl groups is 7. The van der Waals surface area contributed by atoms with Gasteiger partial charge in [-0.15, -0.1) is 0 Å². The molecular formula is C34H62O14. The van der Waals surface area contributed by atoms with Crippen LogP contribution in [0.25, 0.3) is 0 Å². The second kappa shape index (κ2) is 24.8. The van der Waals surface area contributed by atoms with Crippen LogP contribution in [0.1, 0.15) is 97.3 Å². The Morgan fingerprint density at radius 1 is 0.667 bits per heavy atom. The SMILES string of the molecule is CCCC/C=C\CCCCCCCCOCC(COC1OC(COC2OC(CO)C(O)C(O)C2O)C(O)C(O)C1O)OC(=O)CCCC. The average Bonchev–Trinajstić information content (AvgIpc) is 3.08. The summed E-state index contributed by atoms with van der Waals surface area (Å²) >= 11 is 0. The van der Waals surface area contributed by atoms with E-state index in [0.717, 1.165) is 38.5 Å². The first-order chi connectivity index (χ1) is 23.1. The maximum atomic E-state index is 12.4. The number of ether oxygens (including phenoxy) is 6. The van der Waals surface area contributed by atoms with Gasteiger partial charge in [-0.25, -0.2) is 0 Å². The minimum atomic E-state index is -1.70. The predicted molar refractivity (Wildman–Crippen MR) is 174 cm³/mol. The maximum Gasteiger partial charge on any atom is 0.306 e. The molecule has 282 valence electrons. The molecule has 0 saturated carbocycles. The van der Waals surface area contributed by atoms with Gasteiger partial charge in [0.1, 0.15) is 54.9 Å². The van der Waals surface area contributed by atoms with Crippen LogP contribution in [0.3, 0.4) is 0 Å². The summed E-state index contributed by atoms with van der Waals surface area (Å²) in [6, 6.07) is 0. The van der Waals surface area contributed by atoms with Crippen molar-refractivity contribution in [2.75, 3.05) is 33.0 Å². The van der Waals surface area contributed by atoms with Gasteiger partial charge in [0.15, 0.2) is 12.6 Å². The van der Waals surface area contributed by atoms with Crippen LogP contribution in [0.15, 0.2) is 12.2 Å². The number of rotatable bonds is 25. The highest BCUT2D eigenvalue weighted by Crippen LogP contribution is 2.26. The molecule has 0 spiro atoms.